The van der Waals surface area contributed by atoms with Gasteiger partial charge in [-0.1, -0.05) is 11.6 Å². The zero-order valence-electron chi connectivity index (χ0n) is 19.7. The predicted octanol–water partition coefficient (Wildman–Crippen LogP) is 3.73. The Morgan fingerprint density at radius 1 is 1.25 bits per heavy atom. The third-order valence-corrected chi connectivity index (χ3v) is 7.05. The van der Waals surface area contributed by atoms with Gasteiger partial charge >= 0.3 is 5.97 Å². The molecule has 1 aromatic carbocycles. The van der Waals surface area contributed by atoms with Gasteiger partial charge in [0.1, 0.15) is 35.7 Å². The monoisotopic (exact) mass is 445 g/mol. The van der Waals surface area contributed by atoms with E-state index in [9.17, 15) is 4.79 Å². The van der Waals surface area contributed by atoms with Gasteiger partial charge in [-0.3, -0.25) is 4.79 Å². The molecule has 2 aliphatic heterocycles. The van der Waals surface area contributed by atoms with E-state index in [1.807, 2.05) is 24.3 Å². The smallest absolute Gasteiger partial charge is 0.325 e. The largest absolute Gasteiger partial charge is 0.497 e. The molecular formula is C25H35NO6. The summed E-state index contributed by atoms with van der Waals surface area (Å²) in [5, 5.41) is 3.11. The zero-order chi connectivity index (χ0) is 22.9. The number of rotatable bonds is 9. The molecule has 4 rings (SSSR count). The number of carbonyl (C=O) groups is 1. The quantitative estimate of drug-likeness (QED) is 0.352. The second-order valence-corrected chi connectivity index (χ2v) is 9.49. The summed E-state index contributed by atoms with van der Waals surface area (Å²) in [6.07, 6.45) is 4.19. The standard InChI is InChI=1S/C25H35NO6/c1-16(2)6-11-20-24(3,32-20)23-22(29-5)19(12-13-25(23)15-30-25)31-21(27)14-26-17-7-9-18(28-4)10-8-17/h6-10,19-20,22-23,26H,11-15H2,1-5H3/t19-,20?,22-,23-,24+,25+/m1/s1. The van der Waals surface area contributed by atoms with E-state index in [-0.39, 0.29) is 47.9 Å². The van der Waals surface area contributed by atoms with Crippen molar-refractivity contribution in [2.75, 3.05) is 32.7 Å². The van der Waals surface area contributed by atoms with Crippen LogP contribution in [0.5, 0.6) is 5.75 Å². The first-order valence-electron chi connectivity index (χ1n) is 11.4. The van der Waals surface area contributed by atoms with Crippen LogP contribution < -0.4 is 10.1 Å². The minimum atomic E-state index is -0.338. The Bertz CT molecular complexity index is 844. The summed E-state index contributed by atoms with van der Waals surface area (Å²) in [4.78, 5) is 12.6. The van der Waals surface area contributed by atoms with Gasteiger partial charge in [0.05, 0.1) is 25.7 Å². The summed E-state index contributed by atoms with van der Waals surface area (Å²) in [6.45, 7) is 7.14. The maximum absolute atomic E-state index is 12.6. The van der Waals surface area contributed by atoms with E-state index < -0.39 is 0 Å². The van der Waals surface area contributed by atoms with E-state index in [1.54, 1.807) is 14.2 Å². The van der Waals surface area contributed by atoms with Crippen molar-refractivity contribution in [3.8, 4) is 5.75 Å². The van der Waals surface area contributed by atoms with Gasteiger partial charge in [-0.25, -0.2) is 0 Å². The van der Waals surface area contributed by atoms with Crippen molar-refractivity contribution in [3.63, 3.8) is 0 Å². The van der Waals surface area contributed by atoms with Crippen molar-refractivity contribution in [3.05, 3.63) is 35.9 Å². The molecule has 2 saturated heterocycles. The molecule has 1 aliphatic carbocycles. The Morgan fingerprint density at radius 2 is 1.97 bits per heavy atom. The van der Waals surface area contributed by atoms with E-state index in [0.29, 0.717) is 6.61 Å². The molecule has 6 atom stereocenters. The number of hydrogen-bond donors (Lipinski definition) is 1. The lowest BCUT2D eigenvalue weighted by atomic mass is 9.68. The van der Waals surface area contributed by atoms with Gasteiger partial charge in [0.25, 0.3) is 0 Å². The van der Waals surface area contributed by atoms with Crippen molar-refractivity contribution < 1.29 is 28.5 Å². The molecule has 0 radical (unpaired) electrons. The molecule has 3 aliphatic rings. The van der Waals surface area contributed by atoms with Crippen LogP contribution in [0.25, 0.3) is 0 Å². The fourth-order valence-electron chi connectivity index (χ4n) is 5.16. The molecule has 32 heavy (non-hydrogen) atoms. The van der Waals surface area contributed by atoms with Crippen molar-refractivity contribution in [2.24, 2.45) is 5.92 Å². The Balaban J connectivity index is 1.39. The normalized spacial score (nSPS) is 35.2. The summed E-state index contributed by atoms with van der Waals surface area (Å²) >= 11 is 0. The molecule has 176 valence electrons. The molecule has 7 heteroatoms. The second kappa shape index (κ2) is 9.04. The van der Waals surface area contributed by atoms with Gasteiger partial charge in [-0.15, -0.1) is 0 Å². The van der Waals surface area contributed by atoms with E-state index in [0.717, 1.165) is 30.7 Å². The van der Waals surface area contributed by atoms with Crippen LogP contribution in [-0.4, -0.2) is 62.9 Å². The van der Waals surface area contributed by atoms with Gasteiger partial charge in [-0.2, -0.15) is 0 Å². The van der Waals surface area contributed by atoms with E-state index in [1.165, 1.54) is 5.57 Å². The first-order valence-corrected chi connectivity index (χ1v) is 11.4. The van der Waals surface area contributed by atoms with E-state index >= 15 is 0 Å². The second-order valence-electron chi connectivity index (χ2n) is 9.49. The highest BCUT2D eigenvalue weighted by molar-refractivity contribution is 5.75. The number of anilines is 1. The number of benzene rings is 1. The van der Waals surface area contributed by atoms with Crippen molar-refractivity contribution in [1.82, 2.24) is 0 Å². The first-order chi connectivity index (χ1) is 15.3. The van der Waals surface area contributed by atoms with Crippen LogP contribution in [-0.2, 0) is 23.7 Å². The third-order valence-electron chi connectivity index (χ3n) is 7.05. The van der Waals surface area contributed by atoms with Gasteiger partial charge in [0, 0.05) is 12.8 Å². The maximum Gasteiger partial charge on any atom is 0.325 e. The van der Waals surface area contributed by atoms with Gasteiger partial charge in [0.2, 0.25) is 0 Å². The Hall–Kier alpha value is -2.09. The Morgan fingerprint density at radius 3 is 2.56 bits per heavy atom. The minimum absolute atomic E-state index is 0.0247. The number of nitrogens with one attached hydrogen (secondary N) is 1. The van der Waals surface area contributed by atoms with Crippen LogP contribution in [0.2, 0.25) is 0 Å². The van der Waals surface area contributed by atoms with Gasteiger partial charge in [-0.05, 0) is 64.3 Å². The highest BCUT2D eigenvalue weighted by Gasteiger charge is 2.72. The number of esters is 1. The van der Waals surface area contributed by atoms with Crippen LogP contribution in [0, 0.1) is 5.92 Å². The summed E-state index contributed by atoms with van der Waals surface area (Å²) in [5.41, 5.74) is 1.55. The number of carbonyl (C=O) groups excluding carboxylic acids is 1. The summed E-state index contributed by atoms with van der Waals surface area (Å²) in [7, 11) is 3.31. The Kier molecular flexibility index (Phi) is 6.52. The third kappa shape index (κ3) is 4.65. The highest BCUT2D eigenvalue weighted by Crippen LogP contribution is 2.59. The summed E-state index contributed by atoms with van der Waals surface area (Å²) in [6, 6.07) is 7.42. The molecule has 0 amide bonds. The van der Waals surface area contributed by atoms with E-state index in [2.05, 4.69) is 32.2 Å². The maximum atomic E-state index is 12.6. The molecule has 0 bridgehead atoms. The van der Waals surface area contributed by atoms with Crippen LogP contribution >= 0.6 is 0 Å². The Labute approximate surface area is 190 Å². The molecule has 7 nitrogen and oxygen atoms in total. The fraction of sp³-hybridized carbons (Fsp3) is 0.640. The van der Waals surface area contributed by atoms with Crippen molar-refractivity contribution in [1.29, 1.82) is 0 Å². The fourth-order valence-corrected chi connectivity index (χ4v) is 5.16. The highest BCUT2D eigenvalue weighted by atomic mass is 16.6. The molecule has 0 aromatic heterocycles. The molecule has 1 saturated carbocycles. The SMILES string of the molecule is COc1ccc(NCC(=O)O[C@@H]2CC[C@]3(CO3)[C@@H]([C@@]3(C)OC3CC=C(C)C)[C@@H]2OC)cc1. The average Bonchev–Trinajstić information content (AvgIpc) is 3.69. The molecule has 2 heterocycles. The van der Waals surface area contributed by atoms with Gasteiger partial charge in [0.15, 0.2) is 0 Å². The summed E-state index contributed by atoms with van der Waals surface area (Å²) < 4.78 is 29.2. The van der Waals surface area contributed by atoms with Gasteiger partial charge < -0.3 is 29.0 Å². The lowest BCUT2D eigenvalue weighted by Crippen LogP contribution is -2.55. The van der Waals surface area contributed by atoms with Crippen molar-refractivity contribution >= 4 is 11.7 Å². The minimum Gasteiger partial charge on any atom is -0.497 e. The molecule has 1 N–H and O–H groups in total. The lowest BCUT2D eigenvalue weighted by Gasteiger charge is -2.42. The molecule has 1 unspecified atom stereocenters. The number of allylic oxidation sites excluding steroid dienone is 1. The zero-order valence-corrected chi connectivity index (χ0v) is 19.7. The molecule has 3 fully saturated rings. The number of epoxide rings is 2. The van der Waals surface area contributed by atoms with Crippen LogP contribution in [0.3, 0.4) is 0 Å². The van der Waals surface area contributed by atoms with Crippen LogP contribution in [0.15, 0.2) is 35.9 Å². The van der Waals surface area contributed by atoms with Crippen LogP contribution in [0.4, 0.5) is 5.69 Å². The van der Waals surface area contributed by atoms with Crippen molar-refractivity contribution in [2.45, 2.75) is 69.5 Å². The number of ether oxygens (including phenoxy) is 5. The average molecular weight is 446 g/mol. The molecule has 1 spiro atoms. The topological polar surface area (TPSA) is 81.9 Å². The number of methoxy groups -OCH3 is 2. The molecular weight excluding hydrogens is 410 g/mol. The van der Waals surface area contributed by atoms with E-state index in [4.69, 9.17) is 23.7 Å². The number of hydrogen-bond acceptors (Lipinski definition) is 7. The first kappa shape index (κ1) is 23.1. The molecule has 1 aromatic rings. The lowest BCUT2D eigenvalue weighted by molar-refractivity contribution is -0.170. The summed E-state index contributed by atoms with van der Waals surface area (Å²) in [5.74, 6) is 0.489. The predicted molar refractivity (Wildman–Crippen MR) is 121 cm³/mol. The van der Waals surface area contributed by atoms with Crippen LogP contribution in [0.1, 0.15) is 40.0 Å².